The van der Waals surface area contributed by atoms with Gasteiger partial charge >= 0.3 is 0 Å². The minimum absolute atomic E-state index is 0.477. The maximum absolute atomic E-state index is 12.0. The molecule has 8 nitrogen and oxygen atoms in total. The molecule has 0 amide bonds. The number of nitrogens with zero attached hydrogens (tertiary/aromatic N) is 4. The molecule has 2 aromatic carbocycles. The quantitative estimate of drug-likeness (QED) is 0.339. The van der Waals surface area contributed by atoms with Gasteiger partial charge in [-0.3, -0.25) is 4.68 Å². The zero-order valence-electron chi connectivity index (χ0n) is 21.1. The minimum Gasteiger partial charge on any atom is -0.378 e. The van der Waals surface area contributed by atoms with Crippen LogP contribution in [0, 0.1) is 0 Å². The van der Waals surface area contributed by atoms with Crippen molar-refractivity contribution in [3.8, 4) is 11.4 Å². The van der Waals surface area contributed by atoms with Gasteiger partial charge in [-0.1, -0.05) is 30.3 Å². The number of hydrogen-bond donors (Lipinski definition) is 2. The normalized spacial score (nSPS) is 16.5. The van der Waals surface area contributed by atoms with Crippen molar-refractivity contribution in [2.24, 2.45) is 0 Å². The number of ether oxygens (including phenoxy) is 1. The Morgan fingerprint density at radius 1 is 1.05 bits per heavy atom. The molecule has 0 bridgehead atoms. The Hall–Kier alpha value is -4.43. The van der Waals surface area contributed by atoms with Crippen molar-refractivity contribution in [1.29, 1.82) is 0 Å². The monoisotopic (exact) mass is 506 g/mol. The molecule has 4 aromatic rings. The van der Waals surface area contributed by atoms with E-state index in [2.05, 4.69) is 69.2 Å². The van der Waals surface area contributed by atoms with Crippen molar-refractivity contribution in [2.75, 3.05) is 36.5 Å². The Kier molecular flexibility index (Phi) is 6.87. The van der Waals surface area contributed by atoms with Crippen molar-refractivity contribution in [2.45, 2.75) is 19.0 Å². The summed E-state index contributed by atoms with van der Waals surface area (Å²) in [5, 5.41) is 11.2. The standard InChI is InChI=1S/C30H30N6O2/c37-21-27-29-23(10-13-31-27)20-26(28-11-14-32-36(28)15-12-22-4-2-1-3-5-22)34-30(29)33-24-6-8-25(9-7-24)35-16-18-38-19-17-35/h1-11,13-14,20-21,27,31H,12,15-19H2,(H,33,34). The molecule has 0 spiro atoms. The number of aldehydes is 1. The van der Waals surface area contributed by atoms with E-state index in [1.165, 1.54) is 11.3 Å². The van der Waals surface area contributed by atoms with Crippen molar-refractivity contribution in [3.63, 3.8) is 0 Å². The lowest BCUT2D eigenvalue weighted by Crippen LogP contribution is -2.36. The van der Waals surface area contributed by atoms with Crippen LogP contribution in [-0.4, -0.2) is 47.4 Å². The van der Waals surface area contributed by atoms with Gasteiger partial charge in [0.15, 0.2) is 0 Å². The van der Waals surface area contributed by atoms with Crippen LogP contribution in [0.15, 0.2) is 79.1 Å². The van der Waals surface area contributed by atoms with Gasteiger partial charge in [0.1, 0.15) is 18.1 Å². The van der Waals surface area contributed by atoms with Gasteiger partial charge in [-0.15, -0.1) is 0 Å². The van der Waals surface area contributed by atoms with Crippen LogP contribution in [0.5, 0.6) is 0 Å². The van der Waals surface area contributed by atoms with E-state index in [1.807, 2.05) is 41.4 Å². The molecular weight excluding hydrogens is 476 g/mol. The highest BCUT2D eigenvalue weighted by molar-refractivity contribution is 5.79. The Bertz CT molecular complexity index is 1430. The number of benzene rings is 2. The van der Waals surface area contributed by atoms with Gasteiger partial charge < -0.3 is 25.1 Å². The number of carbonyl (C=O) groups excluding carboxylic acids is 1. The summed E-state index contributed by atoms with van der Waals surface area (Å²) in [5.74, 6) is 0.654. The second kappa shape index (κ2) is 10.9. The van der Waals surface area contributed by atoms with E-state index >= 15 is 0 Å². The summed E-state index contributed by atoms with van der Waals surface area (Å²) in [6.07, 6.45) is 7.40. The van der Waals surface area contributed by atoms with Gasteiger partial charge in [0, 0.05) is 42.8 Å². The van der Waals surface area contributed by atoms with Crippen molar-refractivity contribution in [1.82, 2.24) is 20.1 Å². The third-order valence-electron chi connectivity index (χ3n) is 7.02. The first-order valence-corrected chi connectivity index (χ1v) is 13.0. The Morgan fingerprint density at radius 3 is 2.66 bits per heavy atom. The fraction of sp³-hybridized carbons (Fsp3) is 0.233. The molecule has 192 valence electrons. The number of fused-ring (bicyclic) bond motifs is 1. The molecule has 1 atom stereocenters. The number of rotatable bonds is 8. The average molecular weight is 507 g/mol. The second-order valence-corrected chi connectivity index (χ2v) is 9.42. The van der Waals surface area contributed by atoms with Crippen LogP contribution in [0.3, 0.4) is 0 Å². The van der Waals surface area contributed by atoms with Crippen LogP contribution in [0.1, 0.15) is 22.7 Å². The van der Waals surface area contributed by atoms with Gasteiger partial charge in [-0.2, -0.15) is 5.10 Å². The zero-order chi connectivity index (χ0) is 25.7. The van der Waals surface area contributed by atoms with E-state index in [0.29, 0.717) is 5.82 Å². The summed E-state index contributed by atoms with van der Waals surface area (Å²) in [7, 11) is 0. The predicted octanol–water partition coefficient (Wildman–Crippen LogP) is 4.58. The molecule has 0 aliphatic carbocycles. The lowest BCUT2D eigenvalue weighted by molar-refractivity contribution is -0.109. The average Bonchev–Trinajstić information content (AvgIpc) is 3.46. The molecule has 8 heteroatoms. The number of morpholine rings is 1. The van der Waals surface area contributed by atoms with E-state index in [4.69, 9.17) is 9.72 Å². The van der Waals surface area contributed by atoms with E-state index in [9.17, 15) is 4.79 Å². The molecule has 0 saturated carbocycles. The van der Waals surface area contributed by atoms with E-state index in [-0.39, 0.29) is 0 Å². The van der Waals surface area contributed by atoms with Crippen LogP contribution in [0.25, 0.3) is 17.5 Å². The van der Waals surface area contributed by atoms with E-state index < -0.39 is 6.04 Å². The third-order valence-corrected chi connectivity index (χ3v) is 7.02. The van der Waals surface area contributed by atoms with Gasteiger partial charge in [-0.25, -0.2) is 4.98 Å². The molecular formula is C30H30N6O2. The Morgan fingerprint density at radius 2 is 1.87 bits per heavy atom. The molecule has 38 heavy (non-hydrogen) atoms. The van der Waals surface area contributed by atoms with E-state index in [0.717, 1.165) is 73.8 Å². The first-order valence-electron chi connectivity index (χ1n) is 13.0. The van der Waals surface area contributed by atoms with Crippen LogP contribution in [-0.2, 0) is 22.5 Å². The molecule has 1 fully saturated rings. The number of hydrogen-bond acceptors (Lipinski definition) is 7. The topological polar surface area (TPSA) is 84.3 Å². The SMILES string of the molecule is O=CC1NC=Cc2cc(-c3ccnn3CCc3ccccc3)nc(Nc3ccc(N4CCOCC4)cc3)c21. The van der Waals surface area contributed by atoms with Gasteiger partial charge in [0.2, 0.25) is 0 Å². The number of nitrogens with one attached hydrogen (secondary N) is 2. The van der Waals surface area contributed by atoms with Gasteiger partial charge in [-0.05, 0) is 66.2 Å². The number of aryl methyl sites for hydroxylation is 2. The molecule has 2 aromatic heterocycles. The number of aromatic nitrogens is 3. The summed E-state index contributed by atoms with van der Waals surface area (Å²) < 4.78 is 7.47. The highest BCUT2D eigenvalue weighted by Crippen LogP contribution is 2.34. The molecule has 1 unspecified atom stereocenters. The third kappa shape index (κ3) is 5.03. The lowest BCUT2D eigenvalue weighted by Gasteiger charge is -2.29. The smallest absolute Gasteiger partial charge is 0.146 e. The molecule has 6 rings (SSSR count). The van der Waals surface area contributed by atoms with Crippen molar-refractivity contribution in [3.05, 3.63) is 95.8 Å². The van der Waals surface area contributed by atoms with Crippen LogP contribution >= 0.6 is 0 Å². The predicted molar refractivity (Wildman–Crippen MR) is 149 cm³/mol. The van der Waals surface area contributed by atoms with Crippen LogP contribution in [0.2, 0.25) is 0 Å². The summed E-state index contributed by atoms with van der Waals surface area (Å²) in [6, 6.07) is 22.3. The van der Waals surface area contributed by atoms with E-state index in [1.54, 1.807) is 0 Å². The number of carbonyl (C=O) groups is 1. The Balaban J connectivity index is 1.31. The molecule has 4 heterocycles. The number of anilines is 3. The highest BCUT2D eigenvalue weighted by atomic mass is 16.5. The highest BCUT2D eigenvalue weighted by Gasteiger charge is 2.24. The molecule has 2 N–H and O–H groups in total. The summed E-state index contributed by atoms with van der Waals surface area (Å²) in [4.78, 5) is 19.3. The second-order valence-electron chi connectivity index (χ2n) is 9.42. The fourth-order valence-corrected chi connectivity index (χ4v) is 5.02. The Labute approximate surface area is 222 Å². The molecule has 2 aliphatic heterocycles. The first kappa shape index (κ1) is 23.9. The fourth-order valence-electron chi connectivity index (χ4n) is 5.02. The van der Waals surface area contributed by atoms with Gasteiger partial charge in [0.25, 0.3) is 0 Å². The van der Waals surface area contributed by atoms with Crippen LogP contribution in [0.4, 0.5) is 17.2 Å². The van der Waals surface area contributed by atoms with Crippen LogP contribution < -0.4 is 15.5 Å². The zero-order valence-corrected chi connectivity index (χ0v) is 21.1. The largest absolute Gasteiger partial charge is 0.378 e. The summed E-state index contributed by atoms with van der Waals surface area (Å²) in [6.45, 7) is 4.02. The maximum Gasteiger partial charge on any atom is 0.146 e. The van der Waals surface area contributed by atoms with Crippen molar-refractivity contribution >= 4 is 29.6 Å². The molecule has 0 radical (unpaired) electrons. The summed E-state index contributed by atoms with van der Waals surface area (Å²) in [5.41, 5.74) is 6.86. The summed E-state index contributed by atoms with van der Waals surface area (Å²) >= 11 is 0. The first-order chi connectivity index (χ1) is 18.8. The number of pyridine rings is 1. The lowest BCUT2D eigenvalue weighted by atomic mass is 9.97. The van der Waals surface area contributed by atoms with Crippen molar-refractivity contribution < 1.29 is 9.53 Å². The molecule has 1 saturated heterocycles. The maximum atomic E-state index is 12.0. The minimum atomic E-state index is -0.477. The van der Waals surface area contributed by atoms with Gasteiger partial charge in [0.05, 0.1) is 24.6 Å². The molecule has 2 aliphatic rings.